The number of phenolic OH excluding ortho intramolecular Hbond substituents is 1. The van der Waals surface area contributed by atoms with Gasteiger partial charge in [0.05, 0.1) is 23.0 Å². The molecular weight excluding hydrogens is 557 g/mol. The molecule has 216 valence electrons. The number of phenols is 1. The maximum atomic E-state index is 13.0. The standard InChI is InChI=1S/C30H30ClF3N4O3/c31-26-17-24(7-10-27(26)39)35-29(41)22-11-12-36(18-22)19-28(40)38-15-13-37(14-16-38)25-8-3-21(4-9-25)20-1-5-23(6-2-20)30(32,33)34/h1-10,17,22,39H,11-16,18-19H2,(H,35,41)/t22-/m1/s1. The number of carbonyl (C=O) groups is 2. The highest BCUT2D eigenvalue weighted by Crippen LogP contribution is 2.32. The molecule has 7 nitrogen and oxygen atoms in total. The predicted octanol–water partition coefficient (Wildman–Crippen LogP) is 5.34. The molecule has 0 saturated carbocycles. The first-order valence-corrected chi connectivity index (χ1v) is 13.8. The highest BCUT2D eigenvalue weighted by atomic mass is 35.5. The Morgan fingerprint density at radius 3 is 2.15 bits per heavy atom. The first-order chi connectivity index (χ1) is 19.6. The molecule has 1 atom stereocenters. The number of carbonyl (C=O) groups excluding carboxylic acids is 2. The molecule has 0 aromatic heterocycles. The van der Waals surface area contributed by atoms with Gasteiger partial charge >= 0.3 is 6.18 Å². The highest BCUT2D eigenvalue weighted by Gasteiger charge is 2.32. The zero-order valence-electron chi connectivity index (χ0n) is 22.2. The lowest BCUT2D eigenvalue weighted by Gasteiger charge is -2.36. The molecule has 3 aromatic rings. The van der Waals surface area contributed by atoms with Gasteiger partial charge in [-0.05, 0) is 66.6 Å². The van der Waals surface area contributed by atoms with Crippen LogP contribution in [0.5, 0.6) is 5.75 Å². The molecule has 3 aromatic carbocycles. The topological polar surface area (TPSA) is 76.1 Å². The summed E-state index contributed by atoms with van der Waals surface area (Å²) in [6.45, 7) is 3.92. The van der Waals surface area contributed by atoms with E-state index in [-0.39, 0.29) is 35.0 Å². The van der Waals surface area contributed by atoms with E-state index in [0.717, 1.165) is 23.4 Å². The summed E-state index contributed by atoms with van der Waals surface area (Å²) < 4.78 is 38.5. The number of alkyl halides is 3. The van der Waals surface area contributed by atoms with Crippen LogP contribution >= 0.6 is 11.6 Å². The van der Waals surface area contributed by atoms with Gasteiger partial charge in [-0.2, -0.15) is 13.2 Å². The monoisotopic (exact) mass is 586 g/mol. The molecule has 0 bridgehead atoms. The number of hydrogen-bond acceptors (Lipinski definition) is 5. The predicted molar refractivity (Wildman–Crippen MR) is 152 cm³/mol. The molecular formula is C30H30ClF3N4O3. The Morgan fingerprint density at radius 2 is 1.54 bits per heavy atom. The van der Waals surface area contributed by atoms with Crippen LogP contribution in [0.15, 0.2) is 66.7 Å². The number of amides is 2. The van der Waals surface area contributed by atoms with Gasteiger partial charge in [-0.15, -0.1) is 0 Å². The van der Waals surface area contributed by atoms with Crippen LogP contribution in [-0.2, 0) is 15.8 Å². The van der Waals surface area contributed by atoms with Crippen molar-refractivity contribution in [2.75, 3.05) is 56.0 Å². The lowest BCUT2D eigenvalue weighted by molar-refractivity contribution is -0.137. The number of nitrogens with zero attached hydrogens (tertiary/aromatic N) is 3. The largest absolute Gasteiger partial charge is 0.506 e. The second-order valence-corrected chi connectivity index (χ2v) is 10.8. The Balaban J connectivity index is 1.08. The number of rotatable bonds is 6. The number of anilines is 2. The van der Waals surface area contributed by atoms with Crippen LogP contribution in [0.2, 0.25) is 5.02 Å². The summed E-state index contributed by atoms with van der Waals surface area (Å²) in [6, 6.07) is 17.3. The van der Waals surface area contributed by atoms with E-state index in [0.29, 0.717) is 56.9 Å². The van der Waals surface area contributed by atoms with E-state index in [2.05, 4.69) is 10.2 Å². The van der Waals surface area contributed by atoms with Crippen molar-refractivity contribution < 1.29 is 27.9 Å². The van der Waals surface area contributed by atoms with Crippen LogP contribution in [0.4, 0.5) is 24.5 Å². The highest BCUT2D eigenvalue weighted by molar-refractivity contribution is 6.32. The van der Waals surface area contributed by atoms with Crippen LogP contribution in [0.3, 0.4) is 0 Å². The molecule has 2 aliphatic rings. The number of likely N-dealkylation sites (tertiary alicyclic amines) is 1. The third kappa shape index (κ3) is 6.94. The summed E-state index contributed by atoms with van der Waals surface area (Å²) in [4.78, 5) is 31.7. The molecule has 2 heterocycles. The van der Waals surface area contributed by atoms with Gasteiger partial charge in [0.1, 0.15) is 5.75 Å². The molecule has 0 aliphatic carbocycles. The van der Waals surface area contributed by atoms with Gasteiger partial charge in [0.25, 0.3) is 0 Å². The normalized spacial score (nSPS) is 18.0. The van der Waals surface area contributed by atoms with E-state index in [4.69, 9.17) is 11.6 Å². The zero-order chi connectivity index (χ0) is 29.1. The van der Waals surface area contributed by atoms with Gasteiger partial charge in [-0.1, -0.05) is 35.9 Å². The zero-order valence-corrected chi connectivity index (χ0v) is 23.0. The fourth-order valence-corrected chi connectivity index (χ4v) is 5.42. The fraction of sp³-hybridized carbons (Fsp3) is 0.333. The van der Waals surface area contributed by atoms with Crippen molar-refractivity contribution in [3.05, 3.63) is 77.3 Å². The van der Waals surface area contributed by atoms with Crippen LogP contribution in [-0.4, -0.2) is 72.5 Å². The average molecular weight is 587 g/mol. The molecule has 0 radical (unpaired) electrons. The number of piperazine rings is 1. The van der Waals surface area contributed by atoms with E-state index in [1.165, 1.54) is 24.3 Å². The Bertz CT molecular complexity index is 1390. The van der Waals surface area contributed by atoms with Crippen molar-refractivity contribution >= 4 is 34.8 Å². The summed E-state index contributed by atoms with van der Waals surface area (Å²) in [5.41, 5.74) is 2.39. The average Bonchev–Trinajstić information content (AvgIpc) is 3.43. The summed E-state index contributed by atoms with van der Waals surface area (Å²) in [7, 11) is 0. The molecule has 2 amide bonds. The number of hydrogen-bond donors (Lipinski definition) is 2. The van der Waals surface area contributed by atoms with Gasteiger partial charge < -0.3 is 20.2 Å². The number of halogens is 4. The first-order valence-electron chi connectivity index (χ1n) is 13.4. The Labute approximate surface area is 241 Å². The SMILES string of the molecule is O=C(Nc1ccc(O)c(Cl)c1)[C@@H]1CCN(CC(=O)N2CCN(c3ccc(-c4ccc(C(F)(F)F)cc4)cc3)CC2)C1. The molecule has 41 heavy (non-hydrogen) atoms. The van der Waals surface area contributed by atoms with Crippen molar-refractivity contribution in [2.45, 2.75) is 12.6 Å². The molecule has 2 aliphatic heterocycles. The summed E-state index contributed by atoms with van der Waals surface area (Å²) in [5, 5.41) is 12.5. The van der Waals surface area contributed by atoms with Crippen LogP contribution in [0.25, 0.3) is 11.1 Å². The van der Waals surface area contributed by atoms with E-state index in [1.54, 1.807) is 6.07 Å². The first kappa shape index (κ1) is 28.8. The van der Waals surface area contributed by atoms with Gasteiger partial charge in [-0.25, -0.2) is 0 Å². The minimum Gasteiger partial charge on any atom is -0.506 e. The van der Waals surface area contributed by atoms with Crippen molar-refractivity contribution in [3.63, 3.8) is 0 Å². The minimum atomic E-state index is -4.36. The van der Waals surface area contributed by atoms with E-state index in [1.807, 2.05) is 34.1 Å². The minimum absolute atomic E-state index is 0.0358. The van der Waals surface area contributed by atoms with Crippen LogP contribution < -0.4 is 10.2 Å². The molecule has 0 spiro atoms. The maximum Gasteiger partial charge on any atom is 0.416 e. The molecule has 2 N–H and O–H groups in total. The number of benzene rings is 3. The maximum absolute atomic E-state index is 13.0. The second-order valence-electron chi connectivity index (χ2n) is 10.4. The lowest BCUT2D eigenvalue weighted by atomic mass is 10.0. The third-order valence-electron chi connectivity index (χ3n) is 7.63. The molecule has 11 heteroatoms. The van der Waals surface area contributed by atoms with Gasteiger partial charge in [0.2, 0.25) is 11.8 Å². The Kier molecular flexibility index (Phi) is 8.42. The number of aromatic hydroxyl groups is 1. The van der Waals surface area contributed by atoms with E-state index < -0.39 is 11.7 Å². The van der Waals surface area contributed by atoms with E-state index in [9.17, 15) is 27.9 Å². The molecule has 2 saturated heterocycles. The smallest absolute Gasteiger partial charge is 0.416 e. The Hall–Kier alpha value is -3.76. The second kappa shape index (κ2) is 12.0. The van der Waals surface area contributed by atoms with Gasteiger partial charge in [0.15, 0.2) is 0 Å². The van der Waals surface area contributed by atoms with Crippen molar-refractivity contribution in [1.29, 1.82) is 0 Å². The van der Waals surface area contributed by atoms with Crippen LogP contribution in [0, 0.1) is 5.92 Å². The van der Waals surface area contributed by atoms with Gasteiger partial charge in [-0.3, -0.25) is 14.5 Å². The third-order valence-corrected chi connectivity index (χ3v) is 7.93. The number of nitrogens with one attached hydrogen (secondary N) is 1. The van der Waals surface area contributed by atoms with Crippen molar-refractivity contribution in [2.24, 2.45) is 5.92 Å². The quantitative estimate of drug-likeness (QED) is 0.381. The lowest BCUT2D eigenvalue weighted by Crippen LogP contribution is -2.51. The van der Waals surface area contributed by atoms with Crippen molar-refractivity contribution in [3.8, 4) is 16.9 Å². The summed E-state index contributed by atoms with van der Waals surface area (Å²) >= 11 is 5.92. The summed E-state index contributed by atoms with van der Waals surface area (Å²) in [5.74, 6) is -0.392. The fourth-order valence-electron chi connectivity index (χ4n) is 5.24. The Morgan fingerprint density at radius 1 is 0.902 bits per heavy atom. The van der Waals surface area contributed by atoms with Gasteiger partial charge in [0, 0.05) is 44.1 Å². The van der Waals surface area contributed by atoms with E-state index >= 15 is 0 Å². The molecule has 0 unspecified atom stereocenters. The molecule has 5 rings (SSSR count). The molecule has 2 fully saturated rings. The van der Waals surface area contributed by atoms with Crippen molar-refractivity contribution in [1.82, 2.24) is 9.80 Å². The summed E-state index contributed by atoms with van der Waals surface area (Å²) in [6.07, 6.45) is -3.70. The van der Waals surface area contributed by atoms with Crippen LogP contribution in [0.1, 0.15) is 12.0 Å².